The minimum atomic E-state index is 0.0590. The van der Waals surface area contributed by atoms with Crippen LogP contribution >= 0.6 is 0 Å². The van der Waals surface area contributed by atoms with Crippen molar-refractivity contribution in [1.82, 2.24) is 9.88 Å². The summed E-state index contributed by atoms with van der Waals surface area (Å²) in [5, 5.41) is 0. The van der Waals surface area contributed by atoms with Gasteiger partial charge in [-0.3, -0.25) is 9.78 Å². The van der Waals surface area contributed by atoms with Crippen molar-refractivity contribution >= 4 is 11.6 Å². The Morgan fingerprint density at radius 2 is 1.65 bits per heavy atom. The molecule has 0 aliphatic rings. The largest absolute Gasteiger partial charge is 0.375 e. The normalized spacial score (nSPS) is 10.4. The molecule has 122 valence electrons. The average Bonchev–Trinajstić information content (AvgIpc) is 2.60. The van der Waals surface area contributed by atoms with Crippen LogP contribution in [-0.4, -0.2) is 43.0 Å². The van der Waals surface area contributed by atoms with Gasteiger partial charge in [-0.1, -0.05) is 6.92 Å². The van der Waals surface area contributed by atoms with Gasteiger partial charge in [0.2, 0.25) is 0 Å². The quantitative estimate of drug-likeness (QED) is 0.787. The van der Waals surface area contributed by atoms with E-state index in [0.717, 1.165) is 30.6 Å². The lowest BCUT2D eigenvalue weighted by atomic mass is 10.1. The Hall–Kier alpha value is -2.36. The molecule has 0 aliphatic heterocycles. The molecule has 0 saturated heterocycles. The predicted octanol–water partition coefficient (Wildman–Crippen LogP) is 3.24. The second-order valence-corrected chi connectivity index (χ2v) is 5.80. The number of rotatable bonds is 7. The van der Waals surface area contributed by atoms with Crippen LogP contribution in [0.4, 0.5) is 5.69 Å². The number of carbonyl (C=O) groups is 1. The van der Waals surface area contributed by atoms with E-state index in [1.165, 1.54) is 5.56 Å². The smallest absolute Gasteiger partial charge is 0.253 e. The van der Waals surface area contributed by atoms with Gasteiger partial charge in [0.05, 0.1) is 0 Å². The van der Waals surface area contributed by atoms with Crippen molar-refractivity contribution in [3.05, 3.63) is 59.9 Å². The Labute approximate surface area is 138 Å². The number of benzene rings is 1. The molecule has 4 heteroatoms. The summed E-state index contributed by atoms with van der Waals surface area (Å²) in [6, 6.07) is 11.8. The maximum atomic E-state index is 12.5. The van der Waals surface area contributed by atoms with Crippen LogP contribution in [0.5, 0.6) is 0 Å². The predicted molar refractivity (Wildman–Crippen MR) is 94.9 cm³/mol. The van der Waals surface area contributed by atoms with Crippen molar-refractivity contribution in [1.29, 1.82) is 0 Å². The number of likely N-dealkylation sites (N-methyl/N-ethyl adjacent to an activating group) is 1. The number of aromatic nitrogens is 1. The summed E-state index contributed by atoms with van der Waals surface area (Å²) in [6.45, 7) is 3.87. The number of nitrogens with zero attached hydrogens (tertiary/aromatic N) is 3. The summed E-state index contributed by atoms with van der Waals surface area (Å²) in [5.41, 5.74) is 3.06. The van der Waals surface area contributed by atoms with E-state index in [1.54, 1.807) is 17.3 Å². The van der Waals surface area contributed by atoms with Gasteiger partial charge in [0.15, 0.2) is 0 Å². The van der Waals surface area contributed by atoms with Crippen LogP contribution in [0.3, 0.4) is 0 Å². The van der Waals surface area contributed by atoms with Crippen LogP contribution in [0.1, 0.15) is 29.3 Å². The van der Waals surface area contributed by atoms with Gasteiger partial charge >= 0.3 is 0 Å². The Morgan fingerprint density at radius 3 is 2.26 bits per heavy atom. The highest BCUT2D eigenvalue weighted by Gasteiger charge is 2.12. The van der Waals surface area contributed by atoms with Crippen LogP contribution in [0.2, 0.25) is 0 Å². The lowest BCUT2D eigenvalue weighted by molar-refractivity contribution is 0.0796. The van der Waals surface area contributed by atoms with Crippen molar-refractivity contribution in [3.8, 4) is 0 Å². The van der Waals surface area contributed by atoms with E-state index < -0.39 is 0 Å². The van der Waals surface area contributed by atoms with Crippen LogP contribution in [-0.2, 0) is 6.42 Å². The maximum absolute atomic E-state index is 12.5. The monoisotopic (exact) mass is 311 g/mol. The standard InChI is InChI=1S/C19H25N3O/c1-4-14-21(2)18-7-5-17(6-8-18)19(23)22(3)15-11-16-9-12-20-13-10-16/h5-10,12-13H,4,11,14-15H2,1-3H3. The van der Waals surface area contributed by atoms with E-state index in [-0.39, 0.29) is 5.91 Å². The van der Waals surface area contributed by atoms with Gasteiger partial charge in [0.25, 0.3) is 5.91 Å². The van der Waals surface area contributed by atoms with E-state index in [4.69, 9.17) is 0 Å². The van der Waals surface area contributed by atoms with E-state index in [2.05, 4.69) is 23.9 Å². The van der Waals surface area contributed by atoms with Crippen LogP contribution in [0.15, 0.2) is 48.8 Å². The first-order valence-electron chi connectivity index (χ1n) is 8.07. The SMILES string of the molecule is CCCN(C)c1ccc(C(=O)N(C)CCc2ccncc2)cc1. The molecule has 1 amide bonds. The van der Waals surface area contributed by atoms with Gasteiger partial charge in [-0.05, 0) is 54.8 Å². The van der Waals surface area contributed by atoms with E-state index in [0.29, 0.717) is 6.54 Å². The molecule has 2 aromatic rings. The van der Waals surface area contributed by atoms with Gasteiger partial charge in [0.1, 0.15) is 0 Å². The number of amides is 1. The summed E-state index contributed by atoms with van der Waals surface area (Å²) in [7, 11) is 3.92. The molecular weight excluding hydrogens is 286 g/mol. The molecule has 1 aromatic carbocycles. The van der Waals surface area contributed by atoms with E-state index in [1.807, 2.05) is 43.4 Å². The topological polar surface area (TPSA) is 36.4 Å². The number of hydrogen-bond donors (Lipinski definition) is 0. The Morgan fingerprint density at radius 1 is 1.00 bits per heavy atom. The molecule has 23 heavy (non-hydrogen) atoms. The fourth-order valence-electron chi connectivity index (χ4n) is 2.49. The third kappa shape index (κ3) is 4.81. The van der Waals surface area contributed by atoms with Crippen LogP contribution in [0, 0.1) is 0 Å². The van der Waals surface area contributed by atoms with Gasteiger partial charge < -0.3 is 9.80 Å². The summed E-state index contributed by atoms with van der Waals surface area (Å²) in [6.07, 6.45) is 5.50. The minimum Gasteiger partial charge on any atom is -0.375 e. The third-order valence-electron chi connectivity index (χ3n) is 3.95. The second-order valence-electron chi connectivity index (χ2n) is 5.80. The third-order valence-corrected chi connectivity index (χ3v) is 3.95. The Bertz CT molecular complexity index is 610. The molecular formula is C19H25N3O. The van der Waals surface area contributed by atoms with Crippen LogP contribution < -0.4 is 4.90 Å². The molecule has 0 saturated carbocycles. The highest BCUT2D eigenvalue weighted by molar-refractivity contribution is 5.94. The van der Waals surface area contributed by atoms with Crippen molar-refractivity contribution < 1.29 is 4.79 Å². The number of carbonyl (C=O) groups excluding carboxylic acids is 1. The zero-order valence-corrected chi connectivity index (χ0v) is 14.2. The lowest BCUT2D eigenvalue weighted by Crippen LogP contribution is -2.28. The Kier molecular flexibility index (Phi) is 6.15. The van der Waals surface area contributed by atoms with Crippen molar-refractivity contribution in [2.75, 3.05) is 32.1 Å². The summed E-state index contributed by atoms with van der Waals surface area (Å²) in [4.78, 5) is 20.4. The summed E-state index contributed by atoms with van der Waals surface area (Å²) >= 11 is 0. The maximum Gasteiger partial charge on any atom is 0.253 e. The zero-order chi connectivity index (χ0) is 16.7. The molecule has 0 aliphatic carbocycles. The van der Waals surface area contributed by atoms with Gasteiger partial charge in [0, 0.05) is 50.8 Å². The first-order valence-corrected chi connectivity index (χ1v) is 8.07. The number of hydrogen-bond acceptors (Lipinski definition) is 3. The number of pyridine rings is 1. The van der Waals surface area contributed by atoms with Crippen LogP contribution in [0.25, 0.3) is 0 Å². The summed E-state index contributed by atoms with van der Waals surface area (Å²) < 4.78 is 0. The molecule has 0 bridgehead atoms. The average molecular weight is 311 g/mol. The molecule has 0 atom stereocenters. The van der Waals surface area contributed by atoms with Crippen molar-refractivity contribution in [2.45, 2.75) is 19.8 Å². The molecule has 2 rings (SSSR count). The van der Waals surface area contributed by atoms with Gasteiger partial charge in [-0.25, -0.2) is 0 Å². The van der Waals surface area contributed by atoms with E-state index in [9.17, 15) is 4.79 Å². The van der Waals surface area contributed by atoms with Gasteiger partial charge in [-0.15, -0.1) is 0 Å². The number of anilines is 1. The molecule has 0 fully saturated rings. The highest BCUT2D eigenvalue weighted by Crippen LogP contribution is 2.15. The summed E-state index contributed by atoms with van der Waals surface area (Å²) in [5.74, 6) is 0.0590. The van der Waals surface area contributed by atoms with Crippen molar-refractivity contribution in [3.63, 3.8) is 0 Å². The van der Waals surface area contributed by atoms with E-state index >= 15 is 0 Å². The second kappa shape index (κ2) is 8.32. The van der Waals surface area contributed by atoms with Gasteiger partial charge in [-0.2, -0.15) is 0 Å². The molecule has 1 heterocycles. The Balaban J connectivity index is 1.94. The molecule has 0 unspecified atom stereocenters. The highest BCUT2D eigenvalue weighted by atomic mass is 16.2. The lowest BCUT2D eigenvalue weighted by Gasteiger charge is -2.20. The fourth-order valence-corrected chi connectivity index (χ4v) is 2.49. The molecule has 0 N–H and O–H groups in total. The fraction of sp³-hybridized carbons (Fsp3) is 0.368. The molecule has 0 spiro atoms. The minimum absolute atomic E-state index is 0.0590. The molecule has 0 radical (unpaired) electrons. The first-order chi connectivity index (χ1) is 11.1. The first kappa shape index (κ1) is 17.0. The zero-order valence-electron chi connectivity index (χ0n) is 14.2. The molecule has 4 nitrogen and oxygen atoms in total. The van der Waals surface area contributed by atoms with Crippen molar-refractivity contribution in [2.24, 2.45) is 0 Å². The molecule has 1 aromatic heterocycles.